The number of hydrogen-bond donors (Lipinski definition) is 1. The Bertz CT molecular complexity index is 644. The molecule has 1 aliphatic rings. The van der Waals surface area contributed by atoms with Gasteiger partial charge in [-0.05, 0) is 44.4 Å². The Balaban J connectivity index is 1.81. The van der Waals surface area contributed by atoms with Gasteiger partial charge >= 0.3 is 0 Å². The number of thiazole rings is 1. The second kappa shape index (κ2) is 7.07. The number of halogens is 2. The van der Waals surface area contributed by atoms with Gasteiger partial charge < -0.3 is 10.2 Å². The third-order valence-corrected chi connectivity index (χ3v) is 5.40. The topological polar surface area (TPSA) is 28.2 Å². The van der Waals surface area contributed by atoms with E-state index < -0.39 is 0 Å². The molecule has 1 aromatic heterocycles. The fraction of sp³-hybridized carbons (Fsp3) is 0.438. The summed E-state index contributed by atoms with van der Waals surface area (Å²) in [7, 11) is 0. The van der Waals surface area contributed by atoms with Crippen molar-refractivity contribution in [1.29, 1.82) is 0 Å². The number of nitrogens with zero attached hydrogens (tertiary/aromatic N) is 2. The van der Waals surface area contributed by atoms with E-state index in [0.717, 1.165) is 22.1 Å². The van der Waals surface area contributed by atoms with Gasteiger partial charge in [-0.3, -0.25) is 0 Å². The van der Waals surface area contributed by atoms with Gasteiger partial charge in [-0.2, -0.15) is 0 Å². The van der Waals surface area contributed by atoms with E-state index in [1.165, 1.54) is 36.3 Å². The van der Waals surface area contributed by atoms with E-state index in [1.54, 1.807) is 0 Å². The lowest BCUT2D eigenvalue weighted by Gasteiger charge is -2.36. The molecule has 2 aromatic rings. The van der Waals surface area contributed by atoms with Gasteiger partial charge in [0.25, 0.3) is 0 Å². The summed E-state index contributed by atoms with van der Waals surface area (Å²) in [6.07, 6.45) is 5.62. The Morgan fingerprint density at radius 1 is 1.36 bits per heavy atom. The van der Waals surface area contributed by atoms with Crippen LogP contribution in [0.3, 0.4) is 0 Å². The predicted octanol–water partition coefficient (Wildman–Crippen LogP) is 5.44. The van der Waals surface area contributed by atoms with E-state index >= 15 is 0 Å². The van der Waals surface area contributed by atoms with Gasteiger partial charge in [-0.25, -0.2) is 4.98 Å². The van der Waals surface area contributed by atoms with Crippen LogP contribution in [-0.4, -0.2) is 17.6 Å². The van der Waals surface area contributed by atoms with E-state index in [-0.39, 0.29) is 0 Å². The number of rotatable bonds is 4. The normalized spacial score (nSPS) is 18.5. The summed E-state index contributed by atoms with van der Waals surface area (Å²) in [5.41, 5.74) is 2.30. The molecule has 1 aromatic carbocycles. The van der Waals surface area contributed by atoms with Gasteiger partial charge in [0.1, 0.15) is 0 Å². The highest BCUT2D eigenvalue weighted by Gasteiger charge is 2.21. The highest BCUT2D eigenvalue weighted by atomic mass is 35.5. The van der Waals surface area contributed by atoms with E-state index in [1.807, 2.05) is 18.3 Å². The lowest BCUT2D eigenvalue weighted by Crippen LogP contribution is -2.37. The first-order valence-corrected chi connectivity index (χ1v) is 9.11. The molecule has 1 unspecified atom stereocenters. The minimum absolute atomic E-state index is 0.563. The van der Waals surface area contributed by atoms with Crippen molar-refractivity contribution < 1.29 is 0 Å². The molecular weight excluding hydrogens is 337 g/mol. The first-order chi connectivity index (χ1) is 10.6. The lowest BCUT2D eigenvalue weighted by molar-refractivity contribution is 0.485. The molecule has 1 N–H and O–H groups in total. The second-order valence-electron chi connectivity index (χ2n) is 5.63. The molecule has 22 heavy (non-hydrogen) atoms. The summed E-state index contributed by atoms with van der Waals surface area (Å²) in [5.74, 6) is 0. The Labute approximate surface area is 145 Å². The summed E-state index contributed by atoms with van der Waals surface area (Å²) in [6, 6.07) is 6.65. The van der Waals surface area contributed by atoms with E-state index in [2.05, 4.69) is 28.2 Å². The molecule has 3 rings (SSSR count). The Morgan fingerprint density at radius 2 is 2.23 bits per heavy atom. The van der Waals surface area contributed by atoms with Crippen molar-refractivity contribution in [2.45, 2.75) is 38.8 Å². The third-order valence-electron chi connectivity index (χ3n) is 4.05. The number of benzene rings is 1. The Morgan fingerprint density at radius 3 is 2.95 bits per heavy atom. The van der Waals surface area contributed by atoms with E-state index in [4.69, 9.17) is 23.2 Å². The molecule has 1 fully saturated rings. The maximum atomic E-state index is 6.19. The number of hydrogen-bond acceptors (Lipinski definition) is 4. The van der Waals surface area contributed by atoms with Crippen LogP contribution in [0.2, 0.25) is 9.49 Å². The number of anilines is 2. The van der Waals surface area contributed by atoms with Crippen molar-refractivity contribution in [3.05, 3.63) is 38.8 Å². The number of nitrogens with one attached hydrogen (secondary N) is 1. The molecule has 1 atom stereocenters. The van der Waals surface area contributed by atoms with Gasteiger partial charge in [0.15, 0.2) is 4.47 Å². The summed E-state index contributed by atoms with van der Waals surface area (Å²) in [6.45, 7) is 4.10. The van der Waals surface area contributed by atoms with Crippen LogP contribution in [0.4, 0.5) is 11.4 Å². The van der Waals surface area contributed by atoms with E-state index in [0.29, 0.717) is 17.1 Å². The lowest BCUT2D eigenvalue weighted by atomic mass is 10.0. The zero-order valence-electron chi connectivity index (χ0n) is 12.5. The average Bonchev–Trinajstić information content (AvgIpc) is 2.92. The highest BCUT2D eigenvalue weighted by Crippen LogP contribution is 2.34. The molecule has 0 spiro atoms. The highest BCUT2D eigenvalue weighted by molar-refractivity contribution is 7.15. The van der Waals surface area contributed by atoms with Crippen LogP contribution >= 0.6 is 34.5 Å². The van der Waals surface area contributed by atoms with Gasteiger partial charge in [0.2, 0.25) is 0 Å². The van der Waals surface area contributed by atoms with Crippen LogP contribution in [0.25, 0.3) is 0 Å². The second-order valence-corrected chi connectivity index (χ2v) is 7.77. The number of aromatic nitrogens is 1. The first-order valence-electron chi connectivity index (χ1n) is 7.54. The molecule has 3 nitrogen and oxygen atoms in total. The van der Waals surface area contributed by atoms with Crippen LogP contribution < -0.4 is 10.2 Å². The smallest absolute Gasteiger partial charge is 0.183 e. The van der Waals surface area contributed by atoms with Crippen LogP contribution in [0.15, 0.2) is 24.4 Å². The predicted molar refractivity (Wildman–Crippen MR) is 96.6 cm³/mol. The van der Waals surface area contributed by atoms with Crippen LogP contribution in [0, 0.1) is 0 Å². The third kappa shape index (κ3) is 3.67. The molecule has 6 heteroatoms. The van der Waals surface area contributed by atoms with Crippen molar-refractivity contribution in [2.75, 3.05) is 16.8 Å². The molecule has 2 heterocycles. The van der Waals surface area contributed by atoms with Crippen LogP contribution in [0.1, 0.15) is 31.1 Å². The average molecular weight is 356 g/mol. The first kappa shape index (κ1) is 15.9. The summed E-state index contributed by atoms with van der Waals surface area (Å²) in [4.78, 5) is 7.67. The fourth-order valence-electron chi connectivity index (χ4n) is 2.90. The maximum Gasteiger partial charge on any atom is 0.183 e. The van der Waals surface area contributed by atoms with Crippen molar-refractivity contribution in [3.63, 3.8) is 0 Å². The van der Waals surface area contributed by atoms with Crippen LogP contribution in [0.5, 0.6) is 0 Å². The van der Waals surface area contributed by atoms with Crippen molar-refractivity contribution >= 4 is 45.9 Å². The Hall–Kier alpha value is -0.970. The molecule has 0 aliphatic carbocycles. The van der Waals surface area contributed by atoms with Gasteiger partial charge in [-0.15, -0.1) is 11.3 Å². The maximum absolute atomic E-state index is 6.19. The summed E-state index contributed by atoms with van der Waals surface area (Å²) < 4.78 is 0.577. The molecule has 0 bridgehead atoms. The molecule has 0 amide bonds. The minimum atomic E-state index is 0.563. The monoisotopic (exact) mass is 355 g/mol. The molecule has 1 saturated heterocycles. The van der Waals surface area contributed by atoms with Crippen molar-refractivity contribution in [2.24, 2.45) is 0 Å². The minimum Gasteiger partial charge on any atom is -0.378 e. The zero-order chi connectivity index (χ0) is 15.5. The molecule has 0 radical (unpaired) electrons. The summed E-state index contributed by atoms with van der Waals surface area (Å²) in [5, 5.41) is 4.24. The zero-order valence-corrected chi connectivity index (χ0v) is 14.8. The van der Waals surface area contributed by atoms with Crippen LogP contribution in [-0.2, 0) is 6.54 Å². The summed E-state index contributed by atoms with van der Waals surface area (Å²) >= 11 is 13.6. The largest absolute Gasteiger partial charge is 0.378 e. The fourth-order valence-corrected chi connectivity index (χ4v) is 3.99. The molecule has 1 aliphatic heterocycles. The molecule has 0 saturated carbocycles. The van der Waals surface area contributed by atoms with Crippen molar-refractivity contribution in [3.8, 4) is 0 Å². The van der Waals surface area contributed by atoms with Gasteiger partial charge in [0.05, 0.1) is 17.9 Å². The standard InChI is InChI=1S/C16H19Cl2N3S/c1-11-4-2-3-7-21(11)15-6-5-12(17)8-14(15)19-9-13-10-20-16(18)22-13/h5-6,8,10-11,19H,2-4,7,9H2,1H3. The quantitative estimate of drug-likeness (QED) is 0.791. The number of piperidine rings is 1. The molecular formula is C16H19Cl2N3S. The SMILES string of the molecule is CC1CCCCN1c1ccc(Cl)cc1NCc1cnc(Cl)s1. The van der Waals surface area contributed by atoms with E-state index in [9.17, 15) is 0 Å². The molecule has 118 valence electrons. The van der Waals surface area contributed by atoms with Gasteiger partial charge in [-0.1, -0.05) is 23.2 Å². The Kier molecular flexibility index (Phi) is 5.11. The van der Waals surface area contributed by atoms with Gasteiger partial charge in [0, 0.05) is 28.7 Å². The van der Waals surface area contributed by atoms with Crippen molar-refractivity contribution in [1.82, 2.24) is 4.98 Å².